The number of aryl methyl sites for hydroxylation is 1. The van der Waals surface area contributed by atoms with Crippen LogP contribution < -0.4 is 4.72 Å². The van der Waals surface area contributed by atoms with E-state index in [9.17, 15) is 4.21 Å². The maximum absolute atomic E-state index is 12.2. The van der Waals surface area contributed by atoms with E-state index in [4.69, 9.17) is 0 Å². The van der Waals surface area contributed by atoms with Crippen LogP contribution in [0, 0.1) is 6.92 Å². The maximum atomic E-state index is 12.2. The smallest absolute Gasteiger partial charge is 0.0976 e. The first-order valence-corrected chi connectivity index (χ1v) is 7.35. The van der Waals surface area contributed by atoms with Crippen LogP contribution in [0.5, 0.6) is 0 Å². The molecule has 1 aromatic rings. The fourth-order valence-corrected chi connectivity index (χ4v) is 2.37. The van der Waals surface area contributed by atoms with Gasteiger partial charge >= 0.3 is 0 Å². The molecular formula is C15H23NOS. The van der Waals surface area contributed by atoms with Gasteiger partial charge in [-0.25, -0.2) is 8.93 Å². The Morgan fingerprint density at radius 1 is 1.33 bits per heavy atom. The zero-order valence-corrected chi connectivity index (χ0v) is 12.5. The average molecular weight is 265 g/mol. The van der Waals surface area contributed by atoms with E-state index in [-0.39, 0.29) is 10.8 Å². The van der Waals surface area contributed by atoms with Crippen LogP contribution in [-0.2, 0) is 11.0 Å². The SMILES string of the molecule is C=CC[C@H](NS(=O)C(C)(C)C)c1ccc(C)cc1. The maximum Gasteiger partial charge on any atom is 0.0976 e. The fourth-order valence-electron chi connectivity index (χ4n) is 1.52. The molecule has 0 amide bonds. The molecule has 0 aromatic heterocycles. The lowest BCUT2D eigenvalue weighted by molar-refractivity contribution is 0.601. The van der Waals surface area contributed by atoms with E-state index < -0.39 is 11.0 Å². The second-order valence-electron chi connectivity index (χ2n) is 5.49. The molecule has 2 atom stereocenters. The van der Waals surface area contributed by atoms with Gasteiger partial charge in [-0.3, -0.25) is 0 Å². The van der Waals surface area contributed by atoms with Gasteiger partial charge in [-0.05, 0) is 39.7 Å². The van der Waals surface area contributed by atoms with Crippen LogP contribution >= 0.6 is 0 Å². The van der Waals surface area contributed by atoms with Crippen molar-refractivity contribution in [1.82, 2.24) is 4.72 Å². The van der Waals surface area contributed by atoms with Gasteiger partial charge in [-0.1, -0.05) is 35.9 Å². The van der Waals surface area contributed by atoms with Crippen molar-refractivity contribution in [3.8, 4) is 0 Å². The van der Waals surface area contributed by atoms with Gasteiger partial charge in [0.25, 0.3) is 0 Å². The Morgan fingerprint density at radius 3 is 2.33 bits per heavy atom. The summed E-state index contributed by atoms with van der Waals surface area (Å²) in [6, 6.07) is 8.37. The third-order valence-electron chi connectivity index (χ3n) is 2.69. The van der Waals surface area contributed by atoms with Crippen molar-refractivity contribution in [3.05, 3.63) is 48.0 Å². The van der Waals surface area contributed by atoms with Crippen molar-refractivity contribution in [2.45, 2.75) is 44.9 Å². The molecule has 18 heavy (non-hydrogen) atoms. The summed E-state index contributed by atoms with van der Waals surface area (Å²) in [5.74, 6) is 0. The van der Waals surface area contributed by atoms with E-state index in [1.807, 2.05) is 26.8 Å². The third-order valence-corrected chi connectivity index (χ3v) is 4.30. The molecule has 0 radical (unpaired) electrons. The van der Waals surface area contributed by atoms with Gasteiger partial charge in [0.15, 0.2) is 0 Å². The van der Waals surface area contributed by atoms with Crippen LogP contribution in [0.25, 0.3) is 0 Å². The molecule has 100 valence electrons. The summed E-state index contributed by atoms with van der Waals surface area (Å²) in [5, 5.41) is 0. The zero-order chi connectivity index (χ0) is 13.8. The average Bonchev–Trinajstić information content (AvgIpc) is 2.28. The highest BCUT2D eigenvalue weighted by Crippen LogP contribution is 2.21. The number of nitrogens with one attached hydrogen (secondary N) is 1. The molecule has 0 aliphatic carbocycles. The van der Waals surface area contributed by atoms with Gasteiger partial charge in [0.05, 0.1) is 15.7 Å². The Hall–Kier alpha value is -0.930. The summed E-state index contributed by atoms with van der Waals surface area (Å²) in [7, 11) is -1.07. The topological polar surface area (TPSA) is 29.1 Å². The van der Waals surface area contributed by atoms with E-state index >= 15 is 0 Å². The molecule has 2 nitrogen and oxygen atoms in total. The summed E-state index contributed by atoms with van der Waals surface area (Å²) in [6.07, 6.45) is 2.63. The Bertz CT molecular complexity index is 417. The van der Waals surface area contributed by atoms with E-state index in [1.54, 1.807) is 0 Å². The number of hydrogen-bond donors (Lipinski definition) is 1. The highest BCUT2D eigenvalue weighted by molar-refractivity contribution is 7.84. The van der Waals surface area contributed by atoms with E-state index in [0.29, 0.717) is 0 Å². The zero-order valence-electron chi connectivity index (χ0n) is 11.7. The van der Waals surface area contributed by atoms with E-state index in [2.05, 4.69) is 42.5 Å². The lowest BCUT2D eigenvalue weighted by Crippen LogP contribution is -2.35. The third kappa shape index (κ3) is 4.39. The first-order chi connectivity index (χ1) is 8.34. The van der Waals surface area contributed by atoms with Gasteiger partial charge in [0.2, 0.25) is 0 Å². The van der Waals surface area contributed by atoms with Crippen molar-refractivity contribution in [1.29, 1.82) is 0 Å². The summed E-state index contributed by atoms with van der Waals surface area (Å²) in [4.78, 5) is 0. The van der Waals surface area contributed by atoms with Gasteiger partial charge in [-0.2, -0.15) is 0 Å². The number of hydrogen-bond acceptors (Lipinski definition) is 1. The van der Waals surface area contributed by atoms with E-state index in [1.165, 1.54) is 5.56 Å². The normalized spacial score (nSPS) is 15.1. The van der Waals surface area contributed by atoms with Crippen molar-refractivity contribution < 1.29 is 4.21 Å². The first-order valence-electron chi connectivity index (χ1n) is 6.20. The molecule has 3 heteroatoms. The quantitative estimate of drug-likeness (QED) is 0.809. The van der Waals surface area contributed by atoms with Crippen LogP contribution in [0.4, 0.5) is 0 Å². The minimum absolute atomic E-state index is 0.0585. The Balaban J connectivity index is 2.86. The highest BCUT2D eigenvalue weighted by atomic mass is 32.2. The molecule has 0 spiro atoms. The summed E-state index contributed by atoms with van der Waals surface area (Å²) in [6.45, 7) is 11.7. The summed E-state index contributed by atoms with van der Waals surface area (Å²) in [5.41, 5.74) is 2.38. The Labute approximate surface area is 113 Å². The summed E-state index contributed by atoms with van der Waals surface area (Å²) < 4.78 is 15.1. The molecule has 0 saturated heterocycles. The monoisotopic (exact) mass is 265 g/mol. The standard InChI is InChI=1S/C15H23NOS/c1-6-7-14(16-18(17)15(3,4)5)13-10-8-12(2)9-11-13/h6,8-11,14,16H,1,7H2,2-5H3/t14-,18?/m0/s1. The Morgan fingerprint density at radius 2 is 1.89 bits per heavy atom. The van der Waals surface area contributed by atoms with Crippen molar-refractivity contribution in [2.24, 2.45) is 0 Å². The molecule has 1 N–H and O–H groups in total. The minimum atomic E-state index is -1.07. The molecule has 0 heterocycles. The van der Waals surface area contributed by atoms with Gasteiger partial charge in [0.1, 0.15) is 0 Å². The molecule has 1 rings (SSSR count). The summed E-state index contributed by atoms with van der Waals surface area (Å²) >= 11 is 0. The molecule has 0 aliphatic heterocycles. The van der Waals surface area contributed by atoms with Crippen molar-refractivity contribution in [3.63, 3.8) is 0 Å². The molecule has 1 aromatic carbocycles. The van der Waals surface area contributed by atoms with Crippen molar-refractivity contribution in [2.75, 3.05) is 0 Å². The van der Waals surface area contributed by atoms with E-state index in [0.717, 1.165) is 12.0 Å². The van der Waals surface area contributed by atoms with Crippen LogP contribution in [0.3, 0.4) is 0 Å². The molecular weight excluding hydrogens is 242 g/mol. The molecule has 0 fully saturated rings. The lowest BCUT2D eigenvalue weighted by Gasteiger charge is -2.24. The molecule has 0 aliphatic rings. The van der Waals surface area contributed by atoms with Gasteiger partial charge in [-0.15, -0.1) is 6.58 Å². The van der Waals surface area contributed by atoms with Crippen molar-refractivity contribution >= 4 is 11.0 Å². The lowest BCUT2D eigenvalue weighted by atomic mass is 10.0. The molecule has 1 unspecified atom stereocenters. The predicted molar refractivity (Wildman–Crippen MR) is 79.8 cm³/mol. The number of rotatable bonds is 5. The van der Waals surface area contributed by atoms with Crippen LogP contribution in [0.2, 0.25) is 0 Å². The van der Waals surface area contributed by atoms with Crippen LogP contribution in [-0.4, -0.2) is 8.96 Å². The van der Waals surface area contributed by atoms with Gasteiger partial charge in [0, 0.05) is 6.04 Å². The second-order valence-corrected chi connectivity index (χ2v) is 7.48. The number of benzene rings is 1. The highest BCUT2D eigenvalue weighted by Gasteiger charge is 2.22. The minimum Gasteiger partial charge on any atom is -0.242 e. The van der Waals surface area contributed by atoms with Crippen LogP contribution in [0.15, 0.2) is 36.9 Å². The molecule has 0 saturated carbocycles. The fraction of sp³-hybridized carbons (Fsp3) is 0.467. The van der Waals surface area contributed by atoms with Gasteiger partial charge < -0.3 is 0 Å². The Kier molecular flexibility index (Phi) is 5.29. The predicted octanol–water partition coefficient (Wildman–Crippen LogP) is 3.66. The first kappa shape index (κ1) is 15.1. The largest absolute Gasteiger partial charge is 0.242 e. The molecule has 0 bridgehead atoms. The second kappa shape index (κ2) is 6.30. The van der Waals surface area contributed by atoms with Crippen LogP contribution in [0.1, 0.15) is 44.4 Å².